The summed E-state index contributed by atoms with van der Waals surface area (Å²) in [6, 6.07) is 5.12. The second kappa shape index (κ2) is 5.87. The fraction of sp³-hybridized carbons (Fsp3) is 0.364. The van der Waals surface area contributed by atoms with Crippen LogP contribution in [0.25, 0.3) is 0 Å². The van der Waals surface area contributed by atoms with Gasteiger partial charge in [-0.2, -0.15) is 18.0 Å². The molecule has 0 radical (unpaired) electrons. The smallest absolute Gasteiger partial charge is 0.207 e. The average Bonchev–Trinajstić information content (AvgIpc) is 2.37. The summed E-state index contributed by atoms with van der Waals surface area (Å²) >= 11 is 0. The number of sulfonamides is 1. The highest BCUT2D eigenvalue weighted by Crippen LogP contribution is 2.20. The molecule has 0 heterocycles. The molecule has 0 saturated carbocycles. The summed E-state index contributed by atoms with van der Waals surface area (Å²) in [6.07, 6.45) is 0.0205. The first-order chi connectivity index (χ1) is 9.10. The lowest BCUT2D eigenvalue weighted by molar-refractivity contribution is 0.393. The summed E-state index contributed by atoms with van der Waals surface area (Å²) in [4.78, 5) is -0.777. The molecular weight excluding hydrogens is 307 g/mol. The summed E-state index contributed by atoms with van der Waals surface area (Å²) < 4.78 is 59.4. The largest absolute Gasteiger partial charge is 0.332 e. The highest BCUT2D eigenvalue weighted by Gasteiger charge is 2.25. The number of nitriles is 1. The van der Waals surface area contributed by atoms with E-state index in [1.54, 1.807) is 6.92 Å². The van der Waals surface area contributed by atoms with Gasteiger partial charge in [-0.3, -0.25) is 0 Å². The second-order valence-corrected chi connectivity index (χ2v) is 7.49. The van der Waals surface area contributed by atoms with Gasteiger partial charge in [-0.05, 0) is 31.2 Å². The minimum absolute atomic E-state index is 0.0205. The third-order valence-electron chi connectivity index (χ3n) is 2.79. The molecule has 1 aromatic carbocycles. The van der Waals surface area contributed by atoms with Gasteiger partial charge >= 0.3 is 10.2 Å². The van der Waals surface area contributed by atoms with Gasteiger partial charge in [-0.1, -0.05) is 0 Å². The number of halogens is 1. The van der Waals surface area contributed by atoms with Crippen LogP contribution in [0.3, 0.4) is 0 Å². The molecule has 9 heteroatoms. The zero-order chi connectivity index (χ0) is 15.6. The van der Waals surface area contributed by atoms with E-state index in [9.17, 15) is 20.7 Å². The van der Waals surface area contributed by atoms with Crippen LogP contribution in [0.5, 0.6) is 0 Å². The summed E-state index contributed by atoms with van der Waals surface area (Å²) in [5, 5.41) is 8.57. The van der Waals surface area contributed by atoms with Crippen LogP contribution in [0.1, 0.15) is 13.3 Å². The molecule has 0 fully saturated rings. The normalized spacial score (nSPS) is 13.9. The topological polar surface area (TPSA) is 95.3 Å². The van der Waals surface area contributed by atoms with Gasteiger partial charge in [0, 0.05) is 13.1 Å². The third-order valence-corrected chi connectivity index (χ3v) is 5.61. The Hall–Kier alpha value is -1.50. The quantitative estimate of drug-likeness (QED) is 0.761. The molecule has 0 spiro atoms. The molecule has 0 amide bonds. The van der Waals surface area contributed by atoms with Crippen molar-refractivity contribution in [3.05, 3.63) is 24.3 Å². The predicted octanol–water partition coefficient (Wildman–Crippen LogP) is 1.27. The fourth-order valence-electron chi connectivity index (χ4n) is 1.44. The van der Waals surface area contributed by atoms with Gasteiger partial charge in [0.05, 0.1) is 22.3 Å². The van der Waals surface area contributed by atoms with Crippen LogP contribution in [0.4, 0.5) is 3.89 Å². The van der Waals surface area contributed by atoms with E-state index in [0.29, 0.717) is 0 Å². The minimum Gasteiger partial charge on any atom is -0.207 e. The maximum absolute atomic E-state index is 12.7. The van der Waals surface area contributed by atoms with Crippen molar-refractivity contribution in [3.8, 4) is 6.07 Å². The first-order valence-electron chi connectivity index (χ1n) is 5.50. The van der Waals surface area contributed by atoms with E-state index in [1.165, 1.54) is 7.05 Å². The molecule has 0 aliphatic carbocycles. The Morgan fingerprint density at radius 2 is 1.65 bits per heavy atom. The van der Waals surface area contributed by atoms with E-state index in [2.05, 4.69) is 0 Å². The molecule has 0 aliphatic heterocycles. The summed E-state index contributed by atoms with van der Waals surface area (Å²) in [5.41, 5.74) is 0. The molecule has 0 aromatic heterocycles. The van der Waals surface area contributed by atoms with Crippen LogP contribution < -0.4 is 0 Å². The molecule has 20 heavy (non-hydrogen) atoms. The standard InChI is InChI=1S/C11H13FN2O4S2/c1-9(7-8-13)14(2)20(17,18)11-5-3-10(4-6-11)19(12,15)16/h3-6,9H,7H2,1-2H3. The molecule has 1 rings (SSSR count). The second-order valence-electron chi connectivity index (χ2n) is 4.14. The Morgan fingerprint density at radius 3 is 2.05 bits per heavy atom. The van der Waals surface area contributed by atoms with Gasteiger partial charge in [-0.25, -0.2) is 8.42 Å². The lowest BCUT2D eigenvalue weighted by Gasteiger charge is -2.22. The molecule has 0 saturated heterocycles. The molecular formula is C11H13FN2O4S2. The maximum atomic E-state index is 12.7. The average molecular weight is 320 g/mol. The van der Waals surface area contributed by atoms with E-state index < -0.39 is 31.2 Å². The number of hydrogen-bond acceptors (Lipinski definition) is 5. The van der Waals surface area contributed by atoms with Crippen molar-refractivity contribution in [3.63, 3.8) is 0 Å². The first-order valence-corrected chi connectivity index (χ1v) is 8.32. The van der Waals surface area contributed by atoms with Crippen molar-refractivity contribution in [2.45, 2.75) is 29.2 Å². The predicted molar refractivity (Wildman–Crippen MR) is 69.4 cm³/mol. The van der Waals surface area contributed by atoms with Crippen molar-refractivity contribution in [2.24, 2.45) is 0 Å². The van der Waals surface area contributed by atoms with Crippen molar-refractivity contribution in [1.82, 2.24) is 4.31 Å². The highest BCUT2D eigenvalue weighted by atomic mass is 32.3. The Balaban J connectivity index is 3.15. The summed E-state index contributed by atoms with van der Waals surface area (Å²) in [6.45, 7) is 1.57. The van der Waals surface area contributed by atoms with Gasteiger partial charge in [0.1, 0.15) is 0 Å². The van der Waals surface area contributed by atoms with Crippen molar-refractivity contribution in [1.29, 1.82) is 5.26 Å². The molecule has 1 atom stereocenters. The van der Waals surface area contributed by atoms with Crippen molar-refractivity contribution < 1.29 is 20.7 Å². The van der Waals surface area contributed by atoms with Crippen molar-refractivity contribution >= 4 is 20.2 Å². The minimum atomic E-state index is -4.86. The van der Waals surface area contributed by atoms with E-state index in [4.69, 9.17) is 5.26 Å². The Labute approximate surface area is 117 Å². The molecule has 0 N–H and O–H groups in total. The molecule has 1 aromatic rings. The number of benzene rings is 1. The Morgan fingerprint density at radius 1 is 1.20 bits per heavy atom. The number of rotatable bonds is 5. The lowest BCUT2D eigenvalue weighted by Crippen LogP contribution is -2.34. The van der Waals surface area contributed by atoms with E-state index in [0.717, 1.165) is 28.6 Å². The first kappa shape index (κ1) is 16.6. The van der Waals surface area contributed by atoms with Crippen LogP contribution >= 0.6 is 0 Å². The van der Waals surface area contributed by atoms with Gasteiger partial charge in [0.15, 0.2) is 0 Å². The van der Waals surface area contributed by atoms with Crippen LogP contribution in [0, 0.1) is 11.3 Å². The third kappa shape index (κ3) is 3.53. The zero-order valence-corrected chi connectivity index (χ0v) is 12.4. The Kier molecular flexibility index (Phi) is 4.86. The van der Waals surface area contributed by atoms with Gasteiger partial charge in [0.2, 0.25) is 10.0 Å². The van der Waals surface area contributed by atoms with E-state index >= 15 is 0 Å². The summed E-state index contributed by atoms with van der Waals surface area (Å²) in [7, 11) is -7.40. The van der Waals surface area contributed by atoms with E-state index in [1.807, 2.05) is 6.07 Å². The SMILES string of the molecule is CC(CC#N)N(C)S(=O)(=O)c1ccc(S(=O)(=O)F)cc1. The van der Waals surface area contributed by atoms with Gasteiger partial charge in [0.25, 0.3) is 0 Å². The van der Waals surface area contributed by atoms with E-state index in [-0.39, 0.29) is 11.3 Å². The monoisotopic (exact) mass is 320 g/mol. The molecule has 6 nitrogen and oxygen atoms in total. The fourth-order valence-corrected chi connectivity index (χ4v) is 3.26. The van der Waals surface area contributed by atoms with Gasteiger partial charge in [-0.15, -0.1) is 3.89 Å². The summed E-state index contributed by atoms with van der Waals surface area (Å²) in [5.74, 6) is 0. The van der Waals surface area contributed by atoms with Gasteiger partial charge < -0.3 is 0 Å². The van der Waals surface area contributed by atoms with Crippen LogP contribution in [0.15, 0.2) is 34.1 Å². The Bertz CT molecular complexity index is 721. The van der Waals surface area contributed by atoms with Crippen LogP contribution in [-0.2, 0) is 20.2 Å². The molecule has 1 unspecified atom stereocenters. The van der Waals surface area contributed by atoms with Crippen LogP contribution in [0.2, 0.25) is 0 Å². The maximum Gasteiger partial charge on any atom is 0.332 e. The number of nitrogens with zero attached hydrogens (tertiary/aromatic N) is 2. The molecule has 110 valence electrons. The lowest BCUT2D eigenvalue weighted by atomic mass is 10.3. The highest BCUT2D eigenvalue weighted by molar-refractivity contribution is 7.89. The van der Waals surface area contributed by atoms with Crippen molar-refractivity contribution in [2.75, 3.05) is 7.05 Å². The molecule has 0 bridgehead atoms. The molecule has 0 aliphatic rings. The van der Waals surface area contributed by atoms with Crippen LogP contribution in [-0.4, -0.2) is 34.2 Å². The zero-order valence-electron chi connectivity index (χ0n) is 10.8. The number of hydrogen-bond donors (Lipinski definition) is 0.